The van der Waals surface area contributed by atoms with Gasteiger partial charge in [0.15, 0.2) is 4.90 Å². The number of sulfonamides is 1. The molecule has 0 aliphatic heterocycles. The van der Waals surface area contributed by atoms with Crippen molar-refractivity contribution in [1.29, 1.82) is 0 Å². The van der Waals surface area contributed by atoms with Crippen LogP contribution in [0.15, 0.2) is 29.2 Å². The highest BCUT2D eigenvalue weighted by molar-refractivity contribution is 7.89. The molecular formula is C13H14F2N2O2S2. The highest BCUT2D eigenvalue weighted by Gasteiger charge is 2.24. The number of nitrogens with two attached hydrogens (primary N) is 1. The van der Waals surface area contributed by atoms with E-state index in [2.05, 4.69) is 4.72 Å². The van der Waals surface area contributed by atoms with Gasteiger partial charge in [-0.1, -0.05) is 6.92 Å². The van der Waals surface area contributed by atoms with Crippen molar-refractivity contribution in [1.82, 2.24) is 4.72 Å². The molecule has 0 radical (unpaired) electrons. The summed E-state index contributed by atoms with van der Waals surface area (Å²) in [6.07, 6.45) is 0.846. The molecule has 0 spiro atoms. The first-order valence-electron chi connectivity index (χ1n) is 6.15. The Labute approximate surface area is 125 Å². The number of nitrogens with one attached hydrogen (secondary N) is 1. The minimum absolute atomic E-state index is 0.0176. The number of anilines is 1. The molecule has 0 unspecified atom stereocenters. The fraction of sp³-hybridized carbons (Fsp3) is 0.231. The van der Waals surface area contributed by atoms with Gasteiger partial charge in [0.25, 0.3) is 0 Å². The fourth-order valence-corrected chi connectivity index (χ4v) is 3.89. The van der Waals surface area contributed by atoms with E-state index in [1.165, 1.54) is 11.3 Å². The Kier molecular flexibility index (Phi) is 4.60. The zero-order valence-electron chi connectivity index (χ0n) is 11.2. The lowest BCUT2D eigenvalue weighted by molar-refractivity contribution is 0.515. The summed E-state index contributed by atoms with van der Waals surface area (Å²) in [6, 6.07) is 5.22. The molecule has 0 saturated carbocycles. The van der Waals surface area contributed by atoms with Crippen LogP contribution in [0.5, 0.6) is 0 Å². The van der Waals surface area contributed by atoms with E-state index in [0.717, 1.165) is 28.3 Å². The Balaban J connectivity index is 2.23. The molecule has 0 fully saturated rings. The number of nitrogen functional groups attached to an aromatic ring is 1. The smallest absolute Gasteiger partial charge is 0.246 e. The lowest BCUT2D eigenvalue weighted by atomic mass is 10.3. The molecule has 114 valence electrons. The minimum Gasteiger partial charge on any atom is -0.399 e. The molecule has 1 heterocycles. The summed E-state index contributed by atoms with van der Waals surface area (Å²) >= 11 is 1.45. The van der Waals surface area contributed by atoms with Crippen molar-refractivity contribution in [3.05, 3.63) is 45.7 Å². The summed E-state index contributed by atoms with van der Waals surface area (Å²) < 4.78 is 53.5. The van der Waals surface area contributed by atoms with Crippen molar-refractivity contribution in [2.75, 3.05) is 5.73 Å². The van der Waals surface area contributed by atoms with Crippen LogP contribution in [0.25, 0.3) is 0 Å². The summed E-state index contributed by atoms with van der Waals surface area (Å²) in [5, 5.41) is 0. The van der Waals surface area contributed by atoms with Crippen molar-refractivity contribution >= 4 is 27.0 Å². The average Bonchev–Trinajstić information content (AvgIpc) is 2.82. The highest BCUT2D eigenvalue weighted by atomic mass is 32.2. The second-order valence-electron chi connectivity index (χ2n) is 4.36. The largest absolute Gasteiger partial charge is 0.399 e. The molecule has 1 aromatic carbocycles. The molecule has 3 N–H and O–H groups in total. The third-order valence-electron chi connectivity index (χ3n) is 2.79. The zero-order valence-corrected chi connectivity index (χ0v) is 12.8. The molecule has 0 bridgehead atoms. The van der Waals surface area contributed by atoms with Crippen LogP contribution in [0, 0.1) is 11.6 Å². The minimum atomic E-state index is -4.28. The van der Waals surface area contributed by atoms with Crippen LogP contribution in [0.4, 0.5) is 14.5 Å². The predicted molar refractivity (Wildman–Crippen MR) is 78.5 cm³/mol. The Bertz CT molecular complexity index is 734. The number of halogens is 2. The number of aryl methyl sites for hydroxylation is 1. The van der Waals surface area contributed by atoms with Crippen LogP contribution in [-0.4, -0.2) is 8.42 Å². The Morgan fingerprint density at radius 3 is 2.29 bits per heavy atom. The first kappa shape index (κ1) is 15.9. The Morgan fingerprint density at radius 1 is 1.19 bits per heavy atom. The van der Waals surface area contributed by atoms with Gasteiger partial charge in [0.1, 0.15) is 11.6 Å². The van der Waals surface area contributed by atoms with Crippen molar-refractivity contribution in [2.24, 2.45) is 0 Å². The first-order chi connectivity index (χ1) is 9.83. The van der Waals surface area contributed by atoms with E-state index in [1.807, 2.05) is 13.0 Å². The molecule has 2 aromatic rings. The molecule has 4 nitrogen and oxygen atoms in total. The summed E-state index contributed by atoms with van der Waals surface area (Å²) in [6.45, 7) is 1.97. The number of hydrogen-bond donors (Lipinski definition) is 2. The third-order valence-corrected chi connectivity index (χ3v) is 5.47. The van der Waals surface area contributed by atoms with Crippen LogP contribution in [0.1, 0.15) is 16.7 Å². The van der Waals surface area contributed by atoms with E-state index in [-0.39, 0.29) is 12.2 Å². The van der Waals surface area contributed by atoms with Gasteiger partial charge in [0.2, 0.25) is 10.0 Å². The van der Waals surface area contributed by atoms with E-state index < -0.39 is 26.6 Å². The SMILES string of the molecule is CCc1ccc(CNS(=O)(=O)c2c(F)cc(N)cc2F)s1. The van der Waals surface area contributed by atoms with Gasteiger partial charge in [0.05, 0.1) is 0 Å². The standard InChI is InChI=1S/C13H14F2N2O2S2/c1-2-9-3-4-10(20-9)7-17-21(18,19)13-11(14)5-8(16)6-12(13)15/h3-6,17H,2,7,16H2,1H3. The topological polar surface area (TPSA) is 72.2 Å². The van der Waals surface area contributed by atoms with Crippen LogP contribution in [0.2, 0.25) is 0 Å². The predicted octanol–water partition coefficient (Wildman–Crippen LogP) is 2.65. The lowest BCUT2D eigenvalue weighted by Gasteiger charge is -2.08. The Hall–Kier alpha value is -1.51. The van der Waals surface area contributed by atoms with Gasteiger partial charge in [-0.15, -0.1) is 11.3 Å². The molecule has 1 aromatic heterocycles. The normalized spacial score (nSPS) is 11.8. The fourth-order valence-electron chi connectivity index (χ4n) is 1.78. The van der Waals surface area contributed by atoms with Crippen LogP contribution < -0.4 is 10.5 Å². The number of rotatable bonds is 5. The van der Waals surface area contributed by atoms with Gasteiger partial charge in [-0.3, -0.25) is 0 Å². The van der Waals surface area contributed by atoms with Crippen LogP contribution >= 0.6 is 11.3 Å². The molecule has 2 rings (SSSR count). The maximum Gasteiger partial charge on any atom is 0.246 e. The summed E-state index contributed by atoms with van der Waals surface area (Å²) in [7, 11) is -4.28. The van der Waals surface area contributed by atoms with Crippen LogP contribution in [-0.2, 0) is 23.0 Å². The number of benzene rings is 1. The summed E-state index contributed by atoms with van der Waals surface area (Å²) in [5.41, 5.74) is 5.09. The van der Waals surface area contributed by atoms with E-state index in [9.17, 15) is 17.2 Å². The lowest BCUT2D eigenvalue weighted by Crippen LogP contribution is -2.25. The van der Waals surface area contributed by atoms with Gasteiger partial charge in [-0.25, -0.2) is 21.9 Å². The van der Waals surface area contributed by atoms with Crippen molar-refractivity contribution in [3.63, 3.8) is 0 Å². The Morgan fingerprint density at radius 2 is 1.76 bits per heavy atom. The quantitative estimate of drug-likeness (QED) is 0.827. The van der Waals surface area contributed by atoms with Gasteiger partial charge in [0, 0.05) is 22.0 Å². The molecule has 0 aliphatic carbocycles. The number of thiophene rings is 1. The van der Waals surface area contributed by atoms with E-state index in [0.29, 0.717) is 0 Å². The molecule has 0 aliphatic rings. The molecular weight excluding hydrogens is 318 g/mol. The van der Waals surface area contributed by atoms with Gasteiger partial charge in [-0.2, -0.15) is 0 Å². The highest BCUT2D eigenvalue weighted by Crippen LogP contribution is 2.22. The van der Waals surface area contributed by atoms with Crippen LogP contribution in [0.3, 0.4) is 0 Å². The maximum absolute atomic E-state index is 13.7. The number of hydrogen-bond acceptors (Lipinski definition) is 4. The zero-order chi connectivity index (χ0) is 15.6. The molecule has 0 saturated heterocycles. The summed E-state index contributed by atoms with van der Waals surface area (Å²) in [4.78, 5) is 0.865. The second kappa shape index (κ2) is 6.08. The first-order valence-corrected chi connectivity index (χ1v) is 8.45. The van der Waals surface area contributed by atoms with Gasteiger partial charge in [-0.05, 0) is 30.7 Å². The summed E-state index contributed by atoms with van der Waals surface area (Å²) in [5.74, 6) is -2.42. The molecule has 8 heteroatoms. The molecule has 21 heavy (non-hydrogen) atoms. The molecule has 0 amide bonds. The molecule has 0 atom stereocenters. The van der Waals surface area contributed by atoms with E-state index in [4.69, 9.17) is 5.73 Å². The van der Waals surface area contributed by atoms with Crippen molar-refractivity contribution in [3.8, 4) is 0 Å². The third kappa shape index (κ3) is 3.58. The maximum atomic E-state index is 13.7. The second-order valence-corrected chi connectivity index (χ2v) is 7.32. The monoisotopic (exact) mass is 332 g/mol. The van der Waals surface area contributed by atoms with Crippen molar-refractivity contribution in [2.45, 2.75) is 24.8 Å². The van der Waals surface area contributed by atoms with E-state index in [1.54, 1.807) is 6.07 Å². The van der Waals surface area contributed by atoms with Crippen molar-refractivity contribution < 1.29 is 17.2 Å². The van der Waals surface area contributed by atoms with Gasteiger partial charge < -0.3 is 5.73 Å². The van der Waals surface area contributed by atoms with Gasteiger partial charge >= 0.3 is 0 Å². The average molecular weight is 332 g/mol. The van der Waals surface area contributed by atoms with E-state index >= 15 is 0 Å².